The zero-order valence-electron chi connectivity index (χ0n) is 10.3. The van der Waals surface area contributed by atoms with Crippen molar-refractivity contribution in [3.8, 4) is 0 Å². The highest BCUT2D eigenvalue weighted by molar-refractivity contribution is 4.97. The number of aromatic nitrogens is 3. The normalized spacial score (nSPS) is 34.8. The maximum Gasteiger partial charge on any atom is 0.137 e. The van der Waals surface area contributed by atoms with E-state index in [-0.39, 0.29) is 0 Å². The number of rotatable bonds is 3. The summed E-state index contributed by atoms with van der Waals surface area (Å²) in [5.41, 5.74) is -0.623. The van der Waals surface area contributed by atoms with Crippen LogP contribution in [0.2, 0.25) is 0 Å². The highest BCUT2D eigenvalue weighted by Crippen LogP contribution is 2.45. The average Bonchev–Trinajstić information content (AvgIpc) is 2.77. The Morgan fingerprint density at radius 1 is 1.50 bits per heavy atom. The van der Waals surface area contributed by atoms with Crippen LogP contribution in [-0.4, -0.2) is 25.5 Å². The SMILES string of the molecule is CC(C)C1CCC(C)C1(O)Cn1cncn1. The van der Waals surface area contributed by atoms with E-state index in [2.05, 4.69) is 30.9 Å². The van der Waals surface area contributed by atoms with Crippen molar-refractivity contribution in [3.63, 3.8) is 0 Å². The Balaban J connectivity index is 2.19. The van der Waals surface area contributed by atoms with Crippen LogP contribution in [0.5, 0.6) is 0 Å². The summed E-state index contributed by atoms with van der Waals surface area (Å²) in [5.74, 6) is 1.22. The highest BCUT2D eigenvalue weighted by Gasteiger charge is 2.48. The van der Waals surface area contributed by atoms with E-state index in [1.807, 2.05) is 0 Å². The molecule has 0 aliphatic heterocycles. The Morgan fingerprint density at radius 2 is 2.25 bits per heavy atom. The summed E-state index contributed by atoms with van der Waals surface area (Å²) in [6.07, 6.45) is 5.42. The molecule has 1 aromatic rings. The predicted molar refractivity (Wildman–Crippen MR) is 61.7 cm³/mol. The van der Waals surface area contributed by atoms with Gasteiger partial charge in [-0.2, -0.15) is 5.10 Å². The van der Waals surface area contributed by atoms with Gasteiger partial charge in [-0.15, -0.1) is 0 Å². The topological polar surface area (TPSA) is 50.9 Å². The van der Waals surface area contributed by atoms with Crippen LogP contribution in [0.3, 0.4) is 0 Å². The predicted octanol–water partition coefficient (Wildman–Crippen LogP) is 1.71. The first-order valence-corrected chi connectivity index (χ1v) is 6.09. The summed E-state index contributed by atoms with van der Waals surface area (Å²) >= 11 is 0. The minimum atomic E-state index is -0.623. The molecule has 0 radical (unpaired) electrons. The summed E-state index contributed by atoms with van der Waals surface area (Å²) in [4.78, 5) is 3.93. The average molecular weight is 223 g/mol. The van der Waals surface area contributed by atoms with Crippen molar-refractivity contribution in [2.45, 2.75) is 45.8 Å². The van der Waals surface area contributed by atoms with E-state index in [9.17, 15) is 5.11 Å². The van der Waals surface area contributed by atoms with Crippen molar-refractivity contribution >= 4 is 0 Å². The molecule has 4 heteroatoms. The van der Waals surface area contributed by atoms with Crippen LogP contribution in [0, 0.1) is 17.8 Å². The Morgan fingerprint density at radius 3 is 2.81 bits per heavy atom. The standard InChI is InChI=1S/C12H21N3O/c1-9(2)11-5-4-10(3)12(11,16)6-15-8-13-7-14-15/h7-11,16H,4-6H2,1-3H3. The third-order valence-corrected chi connectivity index (χ3v) is 4.09. The fourth-order valence-electron chi connectivity index (χ4n) is 3.05. The molecule has 3 unspecified atom stereocenters. The fourth-order valence-corrected chi connectivity index (χ4v) is 3.05. The molecule has 0 bridgehead atoms. The van der Waals surface area contributed by atoms with Crippen molar-refractivity contribution in [3.05, 3.63) is 12.7 Å². The quantitative estimate of drug-likeness (QED) is 0.848. The van der Waals surface area contributed by atoms with E-state index in [1.165, 1.54) is 6.33 Å². The maximum absolute atomic E-state index is 10.9. The van der Waals surface area contributed by atoms with Crippen LogP contribution >= 0.6 is 0 Å². The van der Waals surface area contributed by atoms with Gasteiger partial charge in [-0.25, -0.2) is 4.98 Å². The Bertz CT molecular complexity index is 336. The second-order valence-corrected chi connectivity index (χ2v) is 5.41. The lowest BCUT2D eigenvalue weighted by molar-refractivity contribution is -0.0619. The van der Waals surface area contributed by atoms with E-state index >= 15 is 0 Å². The van der Waals surface area contributed by atoms with E-state index in [4.69, 9.17) is 0 Å². The first kappa shape index (κ1) is 11.6. The van der Waals surface area contributed by atoms with Gasteiger partial charge in [0.2, 0.25) is 0 Å². The summed E-state index contributed by atoms with van der Waals surface area (Å²) in [6, 6.07) is 0. The number of nitrogens with zero attached hydrogens (tertiary/aromatic N) is 3. The lowest BCUT2D eigenvalue weighted by Gasteiger charge is -2.35. The maximum atomic E-state index is 10.9. The van der Waals surface area contributed by atoms with Crippen molar-refractivity contribution in [1.29, 1.82) is 0 Å². The molecule has 3 atom stereocenters. The van der Waals surface area contributed by atoms with Gasteiger partial charge in [0.1, 0.15) is 12.7 Å². The summed E-state index contributed by atoms with van der Waals surface area (Å²) in [7, 11) is 0. The minimum Gasteiger partial charge on any atom is -0.387 e. The minimum absolute atomic E-state index is 0.337. The van der Waals surface area contributed by atoms with Gasteiger partial charge in [0.05, 0.1) is 12.1 Å². The monoisotopic (exact) mass is 223 g/mol. The fraction of sp³-hybridized carbons (Fsp3) is 0.833. The molecule has 0 saturated heterocycles. The van der Waals surface area contributed by atoms with E-state index in [1.54, 1.807) is 11.0 Å². The van der Waals surface area contributed by atoms with Crippen LogP contribution in [0.15, 0.2) is 12.7 Å². The molecule has 16 heavy (non-hydrogen) atoms. The summed E-state index contributed by atoms with van der Waals surface area (Å²) in [5, 5.41) is 15.0. The zero-order valence-corrected chi connectivity index (χ0v) is 10.3. The highest BCUT2D eigenvalue weighted by atomic mass is 16.3. The Labute approximate surface area is 96.7 Å². The van der Waals surface area contributed by atoms with E-state index in [0.717, 1.165) is 12.8 Å². The first-order chi connectivity index (χ1) is 7.54. The second-order valence-electron chi connectivity index (χ2n) is 5.41. The van der Waals surface area contributed by atoms with Crippen LogP contribution in [0.25, 0.3) is 0 Å². The Hall–Kier alpha value is -0.900. The van der Waals surface area contributed by atoms with Gasteiger partial charge in [0.25, 0.3) is 0 Å². The van der Waals surface area contributed by atoms with Crippen LogP contribution in [0.4, 0.5) is 0 Å². The van der Waals surface area contributed by atoms with Crippen molar-refractivity contribution in [2.24, 2.45) is 17.8 Å². The molecule has 1 aliphatic rings. The van der Waals surface area contributed by atoms with Gasteiger partial charge < -0.3 is 5.11 Å². The molecule has 1 saturated carbocycles. The van der Waals surface area contributed by atoms with Gasteiger partial charge in [0.15, 0.2) is 0 Å². The Kier molecular flexibility index (Phi) is 3.02. The van der Waals surface area contributed by atoms with Crippen LogP contribution in [0.1, 0.15) is 33.6 Å². The molecule has 2 rings (SSSR count). The van der Waals surface area contributed by atoms with E-state index in [0.29, 0.717) is 24.3 Å². The molecule has 1 fully saturated rings. The van der Waals surface area contributed by atoms with Crippen molar-refractivity contribution in [2.75, 3.05) is 0 Å². The molecular formula is C12H21N3O. The summed E-state index contributed by atoms with van der Waals surface area (Å²) in [6.45, 7) is 7.08. The molecular weight excluding hydrogens is 202 g/mol. The molecule has 1 N–H and O–H groups in total. The molecule has 1 aromatic heterocycles. The van der Waals surface area contributed by atoms with Gasteiger partial charge in [-0.3, -0.25) is 4.68 Å². The zero-order chi connectivity index (χ0) is 11.8. The molecule has 0 spiro atoms. The number of aliphatic hydroxyl groups is 1. The third-order valence-electron chi connectivity index (χ3n) is 4.09. The lowest BCUT2D eigenvalue weighted by Crippen LogP contribution is -2.45. The van der Waals surface area contributed by atoms with E-state index < -0.39 is 5.60 Å². The molecule has 0 amide bonds. The van der Waals surface area contributed by atoms with Gasteiger partial charge >= 0.3 is 0 Å². The molecule has 90 valence electrons. The van der Waals surface area contributed by atoms with Gasteiger partial charge in [0, 0.05) is 0 Å². The van der Waals surface area contributed by atoms with Crippen LogP contribution in [-0.2, 0) is 6.54 Å². The smallest absolute Gasteiger partial charge is 0.137 e. The van der Waals surface area contributed by atoms with Gasteiger partial charge in [-0.1, -0.05) is 20.8 Å². The molecule has 4 nitrogen and oxygen atoms in total. The van der Waals surface area contributed by atoms with Crippen LogP contribution < -0.4 is 0 Å². The third kappa shape index (κ3) is 1.86. The molecule has 0 aromatic carbocycles. The largest absolute Gasteiger partial charge is 0.387 e. The first-order valence-electron chi connectivity index (χ1n) is 6.09. The second kappa shape index (κ2) is 4.17. The van der Waals surface area contributed by atoms with Crippen molar-refractivity contribution < 1.29 is 5.11 Å². The molecule has 1 heterocycles. The van der Waals surface area contributed by atoms with Crippen molar-refractivity contribution in [1.82, 2.24) is 14.8 Å². The number of hydrogen-bond donors (Lipinski definition) is 1. The molecule has 1 aliphatic carbocycles. The lowest BCUT2D eigenvalue weighted by atomic mass is 9.79. The number of hydrogen-bond acceptors (Lipinski definition) is 3. The summed E-state index contributed by atoms with van der Waals surface area (Å²) < 4.78 is 1.75. The van der Waals surface area contributed by atoms with Gasteiger partial charge in [-0.05, 0) is 30.6 Å².